The van der Waals surface area contributed by atoms with Gasteiger partial charge in [-0.2, -0.15) is 5.26 Å². The zero-order valence-electron chi connectivity index (χ0n) is 22.6. The molecule has 0 aliphatic carbocycles. The van der Waals surface area contributed by atoms with Crippen LogP contribution in [-0.2, 0) is 4.65 Å². The molecule has 1 heterocycles. The van der Waals surface area contributed by atoms with Crippen molar-refractivity contribution in [2.75, 3.05) is 5.32 Å². The van der Waals surface area contributed by atoms with E-state index in [0.717, 1.165) is 44.8 Å². The van der Waals surface area contributed by atoms with Crippen LogP contribution in [0.4, 0.5) is 5.69 Å². The van der Waals surface area contributed by atoms with E-state index < -0.39 is 11.2 Å². The summed E-state index contributed by atoms with van der Waals surface area (Å²) in [6, 6.07) is 34.3. The third kappa shape index (κ3) is 5.66. The number of nitriles is 1. The zero-order chi connectivity index (χ0) is 27.6. The van der Waals surface area contributed by atoms with Gasteiger partial charge < -0.3 is 15.1 Å². The highest BCUT2D eigenvalue weighted by Gasteiger charge is 2.35. The summed E-state index contributed by atoms with van der Waals surface area (Å²) in [5, 5.41) is 23.2. The summed E-state index contributed by atoms with van der Waals surface area (Å²) in [6.07, 6.45) is 0. The van der Waals surface area contributed by atoms with Crippen molar-refractivity contribution in [3.05, 3.63) is 119 Å². The minimum atomic E-state index is -0.984. The molecule has 1 unspecified atom stereocenters. The normalized spacial score (nSPS) is 15.0. The minimum absolute atomic E-state index is 0.182. The molecule has 0 saturated carbocycles. The average Bonchev–Trinajstić information content (AvgIpc) is 2.95. The molecule has 0 aromatic heterocycles. The lowest BCUT2D eigenvalue weighted by atomic mass is 9.82. The van der Waals surface area contributed by atoms with E-state index in [0.29, 0.717) is 5.56 Å². The number of para-hydroxylation sites is 1. The molecule has 0 saturated heterocycles. The van der Waals surface area contributed by atoms with Gasteiger partial charge in [0.25, 0.3) is 0 Å². The molecule has 1 radical (unpaired) electrons. The van der Waals surface area contributed by atoms with Crippen molar-refractivity contribution in [2.45, 2.75) is 44.9 Å². The molecule has 4 aromatic carbocycles. The third-order valence-corrected chi connectivity index (χ3v) is 7.44. The van der Waals surface area contributed by atoms with Gasteiger partial charge >= 0.3 is 7.48 Å². The molecule has 6 heteroatoms. The van der Waals surface area contributed by atoms with E-state index in [2.05, 4.69) is 41.7 Å². The lowest BCUT2D eigenvalue weighted by molar-refractivity contribution is -0.0893. The Hall–Kier alpha value is -4.18. The standard InChI is InChI=1S/C33H31BN3O2/c1-32(2,38)33(3,4)39-34-27-17-15-23(16-18-27)31-36-29-14-6-5-13-28(29)30(37-31)26-12-8-11-25(20-26)24-10-7-9-22(19-24)21-35/h5-20,30,38H,1-4H3,(H,36,37). The van der Waals surface area contributed by atoms with Crippen LogP contribution in [0.1, 0.15) is 56.0 Å². The Morgan fingerprint density at radius 3 is 2.26 bits per heavy atom. The smallest absolute Gasteiger partial charge is 0.330 e. The molecule has 0 amide bonds. The van der Waals surface area contributed by atoms with Crippen molar-refractivity contribution in [2.24, 2.45) is 4.99 Å². The second-order valence-electron chi connectivity index (χ2n) is 10.8. The maximum absolute atomic E-state index is 10.4. The van der Waals surface area contributed by atoms with Crippen LogP contribution in [-0.4, -0.2) is 29.6 Å². The lowest BCUT2D eigenvalue weighted by Gasteiger charge is -2.37. The van der Waals surface area contributed by atoms with Crippen LogP contribution in [0.15, 0.2) is 102 Å². The van der Waals surface area contributed by atoms with Gasteiger partial charge in [-0.25, -0.2) is 0 Å². The van der Waals surface area contributed by atoms with Gasteiger partial charge in [0.05, 0.1) is 22.8 Å². The van der Waals surface area contributed by atoms with Gasteiger partial charge in [-0.05, 0) is 68.7 Å². The van der Waals surface area contributed by atoms with Crippen LogP contribution in [0.3, 0.4) is 0 Å². The number of anilines is 1. The number of hydrogen-bond acceptors (Lipinski definition) is 5. The molecule has 5 rings (SSSR count). The second-order valence-corrected chi connectivity index (χ2v) is 10.8. The zero-order valence-corrected chi connectivity index (χ0v) is 22.6. The van der Waals surface area contributed by atoms with E-state index >= 15 is 0 Å². The third-order valence-electron chi connectivity index (χ3n) is 7.44. The number of hydrogen-bond donors (Lipinski definition) is 2. The molecule has 0 bridgehead atoms. The molecule has 1 aliphatic rings. The fourth-order valence-electron chi connectivity index (χ4n) is 4.34. The number of nitrogens with zero attached hydrogens (tertiary/aromatic N) is 2. The van der Waals surface area contributed by atoms with E-state index in [4.69, 9.17) is 9.65 Å². The summed E-state index contributed by atoms with van der Waals surface area (Å²) < 4.78 is 5.91. The number of aliphatic imine (C=N–C) groups is 1. The molecule has 0 fully saturated rings. The van der Waals surface area contributed by atoms with Crippen LogP contribution >= 0.6 is 0 Å². The van der Waals surface area contributed by atoms with Crippen molar-refractivity contribution in [1.82, 2.24) is 0 Å². The number of benzene rings is 4. The first-order valence-electron chi connectivity index (χ1n) is 13.0. The van der Waals surface area contributed by atoms with Gasteiger partial charge in [0, 0.05) is 16.8 Å². The Morgan fingerprint density at radius 1 is 0.846 bits per heavy atom. The van der Waals surface area contributed by atoms with Crippen LogP contribution in [0.5, 0.6) is 0 Å². The molecular weight excluding hydrogens is 481 g/mol. The number of nitrogens with one attached hydrogen (secondary N) is 1. The minimum Gasteiger partial charge on any atom is -0.427 e. The summed E-state index contributed by atoms with van der Waals surface area (Å²) in [4.78, 5) is 5.16. The number of rotatable bonds is 7. The topological polar surface area (TPSA) is 77.6 Å². The van der Waals surface area contributed by atoms with Gasteiger partial charge in [0.2, 0.25) is 0 Å². The molecule has 1 aliphatic heterocycles. The van der Waals surface area contributed by atoms with Crippen LogP contribution in [0.25, 0.3) is 11.1 Å². The number of fused-ring (bicyclic) bond motifs is 1. The summed E-state index contributed by atoms with van der Waals surface area (Å²) >= 11 is 0. The van der Waals surface area contributed by atoms with Crippen molar-refractivity contribution in [3.63, 3.8) is 0 Å². The first kappa shape index (κ1) is 26.4. The van der Waals surface area contributed by atoms with Gasteiger partial charge in [-0.3, -0.25) is 4.99 Å². The Balaban J connectivity index is 1.45. The van der Waals surface area contributed by atoms with E-state index in [1.54, 1.807) is 21.3 Å². The summed E-state index contributed by atoms with van der Waals surface area (Å²) in [5.74, 6) is 0.792. The van der Waals surface area contributed by atoms with Crippen LogP contribution in [0, 0.1) is 11.3 Å². The SMILES string of the molecule is CC(C)(O)C(C)(C)O[B]c1ccc(C2=NC(c3cccc(-c4cccc(C#N)c4)c3)c3ccccc3N2)cc1. The maximum atomic E-state index is 10.4. The molecule has 5 nitrogen and oxygen atoms in total. The van der Waals surface area contributed by atoms with Crippen LogP contribution < -0.4 is 10.8 Å². The van der Waals surface area contributed by atoms with E-state index in [-0.39, 0.29) is 6.04 Å². The van der Waals surface area contributed by atoms with Gasteiger partial charge in [0.1, 0.15) is 11.9 Å². The highest BCUT2D eigenvalue weighted by molar-refractivity contribution is 6.47. The first-order chi connectivity index (χ1) is 18.6. The van der Waals surface area contributed by atoms with Gasteiger partial charge in [-0.1, -0.05) is 78.3 Å². The fraction of sp³-hybridized carbons (Fsp3) is 0.212. The Morgan fingerprint density at radius 2 is 1.54 bits per heavy atom. The van der Waals surface area contributed by atoms with Crippen molar-refractivity contribution in [3.8, 4) is 17.2 Å². The fourth-order valence-corrected chi connectivity index (χ4v) is 4.34. The van der Waals surface area contributed by atoms with Crippen LogP contribution in [0.2, 0.25) is 0 Å². The molecular formula is C33H31BN3O2. The Labute approximate surface area is 231 Å². The monoisotopic (exact) mass is 512 g/mol. The Kier molecular flexibility index (Phi) is 7.14. The summed E-state index contributed by atoms with van der Waals surface area (Å²) in [7, 11) is 1.68. The average molecular weight is 512 g/mol. The number of amidine groups is 1. The lowest BCUT2D eigenvalue weighted by Crippen LogP contribution is -2.49. The van der Waals surface area contributed by atoms with Crippen molar-refractivity contribution in [1.29, 1.82) is 5.26 Å². The Bertz CT molecular complexity index is 1560. The van der Waals surface area contributed by atoms with Crippen molar-refractivity contribution >= 4 is 24.5 Å². The molecule has 39 heavy (non-hydrogen) atoms. The van der Waals surface area contributed by atoms with E-state index in [9.17, 15) is 10.4 Å². The molecule has 4 aromatic rings. The first-order valence-corrected chi connectivity index (χ1v) is 13.0. The highest BCUT2D eigenvalue weighted by atomic mass is 16.5. The summed E-state index contributed by atoms with van der Waals surface area (Å²) in [6.45, 7) is 7.21. The molecule has 1 atom stereocenters. The maximum Gasteiger partial charge on any atom is 0.330 e. The number of aliphatic hydroxyl groups is 1. The summed E-state index contributed by atoms with van der Waals surface area (Å²) in [5.41, 5.74) is 6.04. The predicted molar refractivity (Wildman–Crippen MR) is 158 cm³/mol. The molecule has 0 spiro atoms. The molecule has 193 valence electrons. The van der Waals surface area contributed by atoms with E-state index in [1.165, 1.54) is 0 Å². The van der Waals surface area contributed by atoms with Gasteiger partial charge in [0.15, 0.2) is 0 Å². The van der Waals surface area contributed by atoms with Gasteiger partial charge in [-0.15, -0.1) is 0 Å². The quantitative estimate of drug-likeness (QED) is 0.298. The highest BCUT2D eigenvalue weighted by Crippen LogP contribution is 2.37. The predicted octanol–water partition coefficient (Wildman–Crippen LogP) is 6.00. The van der Waals surface area contributed by atoms with Crippen molar-refractivity contribution < 1.29 is 9.76 Å². The second kappa shape index (κ2) is 10.5. The molecule has 2 N–H and O–H groups in total. The largest absolute Gasteiger partial charge is 0.427 e. The van der Waals surface area contributed by atoms with E-state index in [1.807, 2.05) is 80.6 Å².